The summed E-state index contributed by atoms with van der Waals surface area (Å²) in [5.74, 6) is 1.04. The summed E-state index contributed by atoms with van der Waals surface area (Å²) in [6.45, 7) is 1.26. The van der Waals surface area contributed by atoms with Crippen LogP contribution < -0.4 is 9.64 Å². The van der Waals surface area contributed by atoms with E-state index in [1.54, 1.807) is 11.3 Å². The molecule has 2 aromatic carbocycles. The van der Waals surface area contributed by atoms with Gasteiger partial charge in [-0.05, 0) is 30.7 Å². The van der Waals surface area contributed by atoms with Crippen LogP contribution in [0.15, 0.2) is 60.0 Å². The molecule has 3 aromatic rings. The lowest BCUT2D eigenvalue weighted by Gasteiger charge is -2.16. The molecule has 0 atom stereocenters. The fourth-order valence-corrected chi connectivity index (χ4v) is 3.64. The van der Waals surface area contributed by atoms with Crippen molar-refractivity contribution in [3.8, 4) is 17.0 Å². The van der Waals surface area contributed by atoms with E-state index in [4.69, 9.17) is 4.74 Å². The number of amides is 1. The molecule has 0 spiro atoms. The van der Waals surface area contributed by atoms with Crippen molar-refractivity contribution in [2.75, 3.05) is 11.4 Å². The molecular formula is C20H18N2O2S. The highest BCUT2D eigenvalue weighted by Gasteiger charge is 2.21. The molecule has 4 rings (SSSR count). The number of anilines is 1. The predicted octanol–water partition coefficient (Wildman–Crippen LogP) is 4.52. The molecule has 2 heterocycles. The average Bonchev–Trinajstić information content (AvgIpc) is 3.30. The SMILES string of the molecule is O=C1CCCN1c1cccc(-c2csc(COc3ccccc3)n2)c1. The topological polar surface area (TPSA) is 42.4 Å². The molecule has 0 bridgehead atoms. The number of carbonyl (C=O) groups excluding carboxylic acids is 1. The minimum Gasteiger partial charge on any atom is -0.486 e. The van der Waals surface area contributed by atoms with Crippen LogP contribution in [0.3, 0.4) is 0 Å². The number of hydrogen-bond donors (Lipinski definition) is 0. The molecule has 0 unspecified atom stereocenters. The first-order valence-electron chi connectivity index (χ1n) is 8.33. The Morgan fingerprint density at radius 3 is 2.80 bits per heavy atom. The molecule has 1 aliphatic rings. The lowest BCUT2D eigenvalue weighted by Crippen LogP contribution is -2.23. The number of hydrogen-bond acceptors (Lipinski definition) is 4. The number of ether oxygens (including phenoxy) is 1. The van der Waals surface area contributed by atoms with E-state index < -0.39 is 0 Å². The van der Waals surface area contributed by atoms with Crippen molar-refractivity contribution in [3.05, 3.63) is 65.0 Å². The Bertz CT molecular complexity index is 876. The van der Waals surface area contributed by atoms with E-state index in [0.29, 0.717) is 13.0 Å². The van der Waals surface area contributed by atoms with Gasteiger partial charge in [0.15, 0.2) is 0 Å². The summed E-state index contributed by atoms with van der Waals surface area (Å²) in [5, 5.41) is 2.97. The summed E-state index contributed by atoms with van der Waals surface area (Å²) < 4.78 is 5.76. The van der Waals surface area contributed by atoms with Gasteiger partial charge in [0.05, 0.1) is 5.69 Å². The number of aromatic nitrogens is 1. The second-order valence-corrected chi connectivity index (χ2v) is 6.87. The van der Waals surface area contributed by atoms with Crippen molar-refractivity contribution in [2.45, 2.75) is 19.4 Å². The lowest BCUT2D eigenvalue weighted by atomic mass is 10.1. The Morgan fingerprint density at radius 2 is 2.00 bits per heavy atom. The Morgan fingerprint density at radius 1 is 1.12 bits per heavy atom. The molecule has 126 valence electrons. The number of carbonyl (C=O) groups is 1. The van der Waals surface area contributed by atoms with Crippen LogP contribution in [-0.4, -0.2) is 17.4 Å². The van der Waals surface area contributed by atoms with Gasteiger partial charge in [0, 0.05) is 29.6 Å². The van der Waals surface area contributed by atoms with Crippen LogP contribution in [0.25, 0.3) is 11.3 Å². The first kappa shape index (κ1) is 15.8. The number of thiazole rings is 1. The maximum absolute atomic E-state index is 11.9. The molecule has 1 fully saturated rings. The molecule has 5 heteroatoms. The van der Waals surface area contributed by atoms with Crippen LogP contribution in [-0.2, 0) is 11.4 Å². The highest BCUT2D eigenvalue weighted by Crippen LogP contribution is 2.28. The van der Waals surface area contributed by atoms with E-state index in [1.807, 2.05) is 64.9 Å². The molecule has 0 radical (unpaired) electrons. The minimum absolute atomic E-state index is 0.201. The van der Waals surface area contributed by atoms with Crippen LogP contribution >= 0.6 is 11.3 Å². The quantitative estimate of drug-likeness (QED) is 0.680. The highest BCUT2D eigenvalue weighted by atomic mass is 32.1. The summed E-state index contributed by atoms with van der Waals surface area (Å²) in [5.41, 5.74) is 2.90. The Kier molecular flexibility index (Phi) is 4.48. The fourth-order valence-electron chi connectivity index (χ4n) is 2.93. The molecule has 1 aromatic heterocycles. The van der Waals surface area contributed by atoms with Gasteiger partial charge in [-0.25, -0.2) is 4.98 Å². The zero-order valence-electron chi connectivity index (χ0n) is 13.7. The van der Waals surface area contributed by atoms with Crippen LogP contribution in [0, 0.1) is 0 Å². The monoisotopic (exact) mass is 350 g/mol. The summed E-state index contributed by atoms with van der Waals surface area (Å²) in [6, 6.07) is 17.8. The van der Waals surface area contributed by atoms with E-state index in [1.165, 1.54) is 0 Å². The predicted molar refractivity (Wildman–Crippen MR) is 99.9 cm³/mol. The van der Waals surface area contributed by atoms with E-state index in [0.717, 1.165) is 40.7 Å². The van der Waals surface area contributed by atoms with Crippen LogP contribution in [0.5, 0.6) is 5.75 Å². The van der Waals surface area contributed by atoms with Gasteiger partial charge in [-0.15, -0.1) is 11.3 Å². The van der Waals surface area contributed by atoms with Gasteiger partial charge < -0.3 is 9.64 Å². The Hall–Kier alpha value is -2.66. The number of nitrogens with zero attached hydrogens (tertiary/aromatic N) is 2. The molecule has 1 amide bonds. The van der Waals surface area contributed by atoms with Gasteiger partial charge >= 0.3 is 0 Å². The third-order valence-electron chi connectivity index (χ3n) is 4.18. The van der Waals surface area contributed by atoms with Crippen molar-refractivity contribution in [1.82, 2.24) is 4.98 Å². The molecular weight excluding hydrogens is 332 g/mol. The van der Waals surface area contributed by atoms with Gasteiger partial charge in [0.25, 0.3) is 0 Å². The van der Waals surface area contributed by atoms with Gasteiger partial charge in [-0.3, -0.25) is 4.79 Å². The van der Waals surface area contributed by atoms with E-state index in [9.17, 15) is 4.79 Å². The molecule has 0 aliphatic carbocycles. The van der Waals surface area contributed by atoms with Crippen molar-refractivity contribution in [2.24, 2.45) is 0 Å². The molecule has 25 heavy (non-hydrogen) atoms. The summed E-state index contributed by atoms with van der Waals surface area (Å²) >= 11 is 1.59. The smallest absolute Gasteiger partial charge is 0.227 e. The van der Waals surface area contributed by atoms with Crippen LogP contribution in [0.4, 0.5) is 5.69 Å². The molecule has 4 nitrogen and oxygen atoms in total. The fraction of sp³-hybridized carbons (Fsp3) is 0.200. The largest absolute Gasteiger partial charge is 0.486 e. The summed E-state index contributed by atoms with van der Waals surface area (Å²) in [7, 11) is 0. The third-order valence-corrected chi connectivity index (χ3v) is 5.01. The summed E-state index contributed by atoms with van der Waals surface area (Å²) in [4.78, 5) is 18.5. The van der Waals surface area contributed by atoms with Gasteiger partial charge in [-0.2, -0.15) is 0 Å². The van der Waals surface area contributed by atoms with Crippen LogP contribution in [0.1, 0.15) is 17.8 Å². The molecule has 0 saturated carbocycles. The van der Waals surface area contributed by atoms with Crippen molar-refractivity contribution in [1.29, 1.82) is 0 Å². The van der Waals surface area contributed by atoms with E-state index in [-0.39, 0.29) is 5.91 Å². The molecule has 0 N–H and O–H groups in total. The number of para-hydroxylation sites is 1. The molecule has 1 aliphatic heterocycles. The first-order chi connectivity index (χ1) is 12.3. The Balaban J connectivity index is 1.49. The zero-order valence-corrected chi connectivity index (χ0v) is 14.5. The second kappa shape index (κ2) is 7.07. The maximum atomic E-state index is 11.9. The zero-order chi connectivity index (χ0) is 17.1. The van der Waals surface area contributed by atoms with Crippen molar-refractivity contribution in [3.63, 3.8) is 0 Å². The van der Waals surface area contributed by atoms with Gasteiger partial charge in [0.1, 0.15) is 17.4 Å². The van der Waals surface area contributed by atoms with E-state index in [2.05, 4.69) is 4.98 Å². The van der Waals surface area contributed by atoms with Crippen molar-refractivity contribution >= 4 is 22.9 Å². The van der Waals surface area contributed by atoms with Crippen molar-refractivity contribution < 1.29 is 9.53 Å². The normalized spacial score (nSPS) is 14.1. The van der Waals surface area contributed by atoms with E-state index >= 15 is 0 Å². The maximum Gasteiger partial charge on any atom is 0.227 e. The van der Waals surface area contributed by atoms with Crippen LogP contribution in [0.2, 0.25) is 0 Å². The standard InChI is InChI=1S/C20H18N2O2S/c23-20-10-5-11-22(20)16-7-4-6-15(12-16)18-14-25-19(21-18)13-24-17-8-2-1-3-9-17/h1-4,6-9,12,14H,5,10-11,13H2. The van der Waals surface area contributed by atoms with Gasteiger partial charge in [-0.1, -0.05) is 30.3 Å². The Labute approximate surface area is 150 Å². The third kappa shape index (κ3) is 3.56. The average molecular weight is 350 g/mol. The first-order valence-corrected chi connectivity index (χ1v) is 9.20. The number of rotatable bonds is 5. The number of benzene rings is 2. The second-order valence-electron chi connectivity index (χ2n) is 5.93. The lowest BCUT2D eigenvalue weighted by molar-refractivity contribution is -0.117. The van der Waals surface area contributed by atoms with Gasteiger partial charge in [0.2, 0.25) is 5.91 Å². The highest BCUT2D eigenvalue weighted by molar-refractivity contribution is 7.09. The minimum atomic E-state index is 0.201. The summed E-state index contributed by atoms with van der Waals surface area (Å²) in [6.07, 6.45) is 1.57. The molecule has 1 saturated heterocycles.